The maximum Gasteiger partial charge on any atom is 0.117 e. The van der Waals surface area contributed by atoms with E-state index in [1.165, 1.54) is 5.56 Å². The molecule has 0 saturated carbocycles. The Hall–Kier alpha value is -2.65. The van der Waals surface area contributed by atoms with E-state index in [4.69, 9.17) is 5.73 Å². The molecule has 1 aliphatic carbocycles. The number of rotatable bonds is 5. The minimum Gasteiger partial charge on any atom is -0.306 e. The molecule has 0 spiro atoms. The predicted octanol–water partition coefficient (Wildman–Crippen LogP) is 4.02. The molecule has 0 fully saturated rings. The van der Waals surface area contributed by atoms with Gasteiger partial charge in [-0.15, -0.1) is 0 Å². The van der Waals surface area contributed by atoms with Crippen molar-refractivity contribution in [2.24, 2.45) is 16.8 Å². The van der Waals surface area contributed by atoms with Gasteiger partial charge >= 0.3 is 0 Å². The first kappa shape index (κ1) is 15.3. The lowest BCUT2D eigenvalue weighted by molar-refractivity contribution is 0.578. The summed E-state index contributed by atoms with van der Waals surface area (Å²) in [4.78, 5) is 0. The van der Waals surface area contributed by atoms with Gasteiger partial charge in [0.1, 0.15) is 6.17 Å². The third-order valence-corrected chi connectivity index (χ3v) is 3.85. The van der Waals surface area contributed by atoms with Gasteiger partial charge in [0, 0.05) is 12.1 Å². The summed E-state index contributed by atoms with van der Waals surface area (Å²) in [5.41, 5.74) is 12.6. The lowest BCUT2D eigenvalue weighted by Gasteiger charge is -2.14. The lowest BCUT2D eigenvalue weighted by Crippen LogP contribution is -2.24. The molecule has 0 aromatic heterocycles. The largest absolute Gasteiger partial charge is 0.306 e. The minimum atomic E-state index is -0.321. The van der Waals surface area contributed by atoms with Crippen molar-refractivity contribution in [3.8, 4) is 11.1 Å². The van der Waals surface area contributed by atoms with Gasteiger partial charge in [0.15, 0.2) is 0 Å². The highest BCUT2D eigenvalue weighted by molar-refractivity contribution is 5.65. The summed E-state index contributed by atoms with van der Waals surface area (Å²) in [5, 5.41) is 4.29. The van der Waals surface area contributed by atoms with Gasteiger partial charge in [0.05, 0.1) is 0 Å². The van der Waals surface area contributed by atoms with Crippen molar-refractivity contribution in [1.29, 1.82) is 0 Å². The average molecular weight is 303 g/mol. The van der Waals surface area contributed by atoms with E-state index < -0.39 is 0 Å². The molecule has 23 heavy (non-hydrogen) atoms. The Balaban J connectivity index is 1.65. The summed E-state index contributed by atoms with van der Waals surface area (Å²) in [5.74, 6) is 0.343. The van der Waals surface area contributed by atoms with Crippen LogP contribution in [0, 0.1) is 5.92 Å². The van der Waals surface area contributed by atoms with Crippen LogP contribution in [0.25, 0.3) is 11.1 Å². The molecule has 2 atom stereocenters. The Bertz CT molecular complexity index is 717. The van der Waals surface area contributed by atoms with Gasteiger partial charge in [0.25, 0.3) is 0 Å². The molecule has 0 saturated heterocycles. The second-order valence-electron chi connectivity index (χ2n) is 5.59. The standard InChI is InChI=1S/C20H21N3/c21-20(23-22-15-16-8-3-1-4-9-16)19-13-7-12-18(14-19)17-10-5-2-6-11-17/h1-8,10-16,20,23H,9,21H2. The number of nitrogens with zero attached hydrogens (tertiary/aromatic N) is 1. The van der Waals surface area contributed by atoms with Crippen molar-refractivity contribution in [3.63, 3.8) is 0 Å². The number of hydrogen-bond donors (Lipinski definition) is 2. The quantitative estimate of drug-likeness (QED) is 0.498. The molecule has 2 aromatic carbocycles. The zero-order valence-electron chi connectivity index (χ0n) is 13.0. The summed E-state index contributed by atoms with van der Waals surface area (Å²) < 4.78 is 0. The van der Waals surface area contributed by atoms with Gasteiger partial charge in [-0.2, -0.15) is 5.10 Å². The van der Waals surface area contributed by atoms with Crippen molar-refractivity contribution in [1.82, 2.24) is 5.43 Å². The summed E-state index contributed by atoms with van der Waals surface area (Å²) >= 11 is 0. The summed E-state index contributed by atoms with van der Waals surface area (Å²) in [7, 11) is 0. The molecule has 0 radical (unpaired) electrons. The Morgan fingerprint density at radius 1 is 1.04 bits per heavy atom. The molecule has 1 aliphatic rings. The molecule has 2 aromatic rings. The Labute approximate surface area is 137 Å². The highest BCUT2D eigenvalue weighted by Gasteiger charge is 2.06. The van der Waals surface area contributed by atoms with Crippen LogP contribution in [0.1, 0.15) is 18.2 Å². The van der Waals surface area contributed by atoms with Crippen molar-refractivity contribution in [3.05, 3.63) is 84.5 Å². The first-order valence-corrected chi connectivity index (χ1v) is 7.86. The molecule has 0 aliphatic heterocycles. The molecule has 116 valence electrons. The second-order valence-corrected chi connectivity index (χ2v) is 5.59. The van der Waals surface area contributed by atoms with E-state index in [2.05, 4.69) is 53.0 Å². The van der Waals surface area contributed by atoms with Crippen LogP contribution in [-0.2, 0) is 0 Å². The van der Waals surface area contributed by atoms with Crippen LogP contribution < -0.4 is 11.2 Å². The number of hydrazone groups is 1. The van der Waals surface area contributed by atoms with Crippen LogP contribution in [0.2, 0.25) is 0 Å². The fourth-order valence-electron chi connectivity index (χ4n) is 2.55. The van der Waals surface area contributed by atoms with Crippen molar-refractivity contribution < 1.29 is 0 Å². The molecular formula is C20H21N3. The summed E-state index contributed by atoms with van der Waals surface area (Å²) in [6.45, 7) is 0. The van der Waals surface area contributed by atoms with Crippen LogP contribution in [0.5, 0.6) is 0 Å². The Morgan fingerprint density at radius 3 is 2.65 bits per heavy atom. The smallest absolute Gasteiger partial charge is 0.117 e. The summed E-state index contributed by atoms with van der Waals surface area (Å²) in [6.07, 6.45) is 10.9. The van der Waals surface area contributed by atoms with Crippen molar-refractivity contribution >= 4 is 6.21 Å². The normalized spacial score (nSPS) is 18.2. The fourth-order valence-corrected chi connectivity index (χ4v) is 2.55. The molecule has 3 nitrogen and oxygen atoms in total. The van der Waals surface area contributed by atoms with E-state index in [9.17, 15) is 0 Å². The maximum atomic E-state index is 6.20. The third-order valence-electron chi connectivity index (χ3n) is 3.85. The van der Waals surface area contributed by atoms with Crippen molar-refractivity contribution in [2.75, 3.05) is 0 Å². The lowest BCUT2D eigenvalue weighted by atomic mass is 10.0. The predicted molar refractivity (Wildman–Crippen MR) is 96.8 cm³/mol. The fraction of sp³-hybridized carbons (Fsp3) is 0.150. The maximum absolute atomic E-state index is 6.20. The number of nitrogens with one attached hydrogen (secondary N) is 1. The van der Waals surface area contributed by atoms with Crippen LogP contribution >= 0.6 is 0 Å². The number of nitrogens with two attached hydrogens (primary N) is 1. The molecule has 2 unspecified atom stereocenters. The number of benzene rings is 2. The van der Waals surface area contributed by atoms with E-state index in [1.54, 1.807) is 0 Å². The highest BCUT2D eigenvalue weighted by Crippen LogP contribution is 2.21. The van der Waals surface area contributed by atoms with Crippen molar-refractivity contribution in [2.45, 2.75) is 12.6 Å². The van der Waals surface area contributed by atoms with Crippen LogP contribution in [0.3, 0.4) is 0 Å². The van der Waals surface area contributed by atoms with E-state index in [1.807, 2.05) is 42.6 Å². The molecule has 0 heterocycles. The second kappa shape index (κ2) is 7.56. The SMILES string of the molecule is NC(NN=CC1C=CC=CC1)c1cccc(-c2ccccc2)c1. The van der Waals surface area contributed by atoms with Gasteiger partial charge in [-0.1, -0.05) is 72.8 Å². The molecule has 0 amide bonds. The Morgan fingerprint density at radius 2 is 1.87 bits per heavy atom. The van der Waals surface area contributed by atoms with E-state index >= 15 is 0 Å². The molecule has 3 rings (SSSR count). The minimum absolute atomic E-state index is 0.321. The topological polar surface area (TPSA) is 50.4 Å². The van der Waals surface area contributed by atoms with E-state index in [0.29, 0.717) is 5.92 Å². The Kier molecular flexibility index (Phi) is 5.02. The first-order valence-electron chi connectivity index (χ1n) is 7.86. The first-order chi connectivity index (χ1) is 11.3. The van der Waals surface area contributed by atoms with E-state index in [-0.39, 0.29) is 6.17 Å². The van der Waals surface area contributed by atoms with E-state index in [0.717, 1.165) is 17.5 Å². The monoisotopic (exact) mass is 303 g/mol. The summed E-state index contributed by atoms with van der Waals surface area (Å²) in [6, 6.07) is 18.5. The molecular weight excluding hydrogens is 282 g/mol. The van der Waals surface area contributed by atoms with Gasteiger partial charge < -0.3 is 5.73 Å². The van der Waals surface area contributed by atoms with Gasteiger partial charge in [0.2, 0.25) is 0 Å². The number of hydrogen-bond acceptors (Lipinski definition) is 3. The van der Waals surface area contributed by atoms with Gasteiger partial charge in [-0.3, -0.25) is 5.43 Å². The highest BCUT2D eigenvalue weighted by atomic mass is 15.3. The molecule has 3 heteroatoms. The zero-order chi connectivity index (χ0) is 15.9. The molecule has 0 bridgehead atoms. The average Bonchev–Trinajstić information content (AvgIpc) is 2.63. The van der Waals surface area contributed by atoms with Gasteiger partial charge in [-0.05, 0) is 29.2 Å². The molecule has 3 N–H and O–H groups in total. The van der Waals surface area contributed by atoms with Crippen LogP contribution in [0.4, 0.5) is 0 Å². The van der Waals surface area contributed by atoms with Gasteiger partial charge in [-0.25, -0.2) is 0 Å². The number of allylic oxidation sites excluding steroid dienone is 4. The van der Waals surface area contributed by atoms with Crippen LogP contribution in [0.15, 0.2) is 84.0 Å². The zero-order valence-corrected chi connectivity index (χ0v) is 13.0. The van der Waals surface area contributed by atoms with Crippen LogP contribution in [-0.4, -0.2) is 6.21 Å². The third kappa shape index (κ3) is 4.18.